The molecular weight excluding hydrogens is 420 g/mol. The molecule has 1 N–H and O–H groups in total. The van der Waals surface area contributed by atoms with Gasteiger partial charge in [0.05, 0.1) is 16.5 Å². The number of amides is 1. The molecule has 0 radical (unpaired) electrons. The van der Waals surface area contributed by atoms with E-state index in [1.807, 2.05) is 0 Å². The summed E-state index contributed by atoms with van der Waals surface area (Å²) in [7, 11) is 0. The van der Waals surface area contributed by atoms with E-state index < -0.39 is 22.7 Å². The Kier molecular flexibility index (Phi) is 5.27. The van der Waals surface area contributed by atoms with Gasteiger partial charge in [0.1, 0.15) is 5.76 Å². The number of nitro groups is 1. The van der Waals surface area contributed by atoms with Crippen LogP contribution >= 0.6 is 11.6 Å². The lowest BCUT2D eigenvalue weighted by Gasteiger charge is -2.25. The maximum atomic E-state index is 13.0. The summed E-state index contributed by atoms with van der Waals surface area (Å²) < 4.78 is 0. The van der Waals surface area contributed by atoms with E-state index in [0.29, 0.717) is 21.8 Å². The summed E-state index contributed by atoms with van der Waals surface area (Å²) in [6.07, 6.45) is 0. The first-order chi connectivity index (χ1) is 14.9. The van der Waals surface area contributed by atoms with Crippen LogP contribution in [-0.4, -0.2) is 21.7 Å². The highest BCUT2D eigenvalue weighted by Gasteiger charge is 2.47. The molecule has 3 aromatic rings. The molecule has 154 valence electrons. The van der Waals surface area contributed by atoms with Crippen LogP contribution in [0.1, 0.15) is 17.2 Å². The maximum Gasteiger partial charge on any atom is 0.300 e. The number of aliphatic hydroxyl groups is 1. The minimum Gasteiger partial charge on any atom is -0.507 e. The fourth-order valence-corrected chi connectivity index (χ4v) is 3.70. The van der Waals surface area contributed by atoms with Gasteiger partial charge in [0.25, 0.3) is 17.4 Å². The van der Waals surface area contributed by atoms with Gasteiger partial charge >= 0.3 is 0 Å². The van der Waals surface area contributed by atoms with Crippen molar-refractivity contribution in [3.05, 3.63) is 111 Å². The molecule has 0 unspecified atom stereocenters. The monoisotopic (exact) mass is 434 g/mol. The Bertz CT molecular complexity index is 1220. The summed E-state index contributed by atoms with van der Waals surface area (Å²) >= 11 is 5.91. The van der Waals surface area contributed by atoms with Crippen molar-refractivity contribution in [1.82, 2.24) is 0 Å². The SMILES string of the molecule is O=C1C(=O)N(c2ccccc2)[C@@H](c2cccc([N+](=O)[O-])c2)C1=C(O)c1ccc(Cl)cc1. The number of Topliss-reactive ketones (excluding diaryl/α,β-unsaturated/α-hetero) is 1. The van der Waals surface area contributed by atoms with Gasteiger partial charge in [-0.1, -0.05) is 41.9 Å². The van der Waals surface area contributed by atoms with Gasteiger partial charge in [0.15, 0.2) is 0 Å². The molecule has 1 heterocycles. The molecule has 4 rings (SSSR count). The highest BCUT2D eigenvalue weighted by Crippen LogP contribution is 2.42. The van der Waals surface area contributed by atoms with Crippen LogP contribution in [0.5, 0.6) is 0 Å². The smallest absolute Gasteiger partial charge is 0.300 e. The lowest BCUT2D eigenvalue weighted by atomic mass is 9.95. The molecule has 3 aromatic carbocycles. The second-order valence-electron chi connectivity index (χ2n) is 6.86. The minimum atomic E-state index is -1.04. The van der Waals surface area contributed by atoms with Crippen LogP contribution in [0.15, 0.2) is 84.4 Å². The molecule has 31 heavy (non-hydrogen) atoms. The number of para-hydroxylation sites is 1. The van der Waals surface area contributed by atoms with Gasteiger partial charge in [0, 0.05) is 28.4 Å². The number of non-ortho nitro benzene ring substituents is 1. The van der Waals surface area contributed by atoms with E-state index in [1.54, 1.807) is 48.5 Å². The van der Waals surface area contributed by atoms with Crippen molar-refractivity contribution in [2.24, 2.45) is 0 Å². The third kappa shape index (κ3) is 3.67. The molecule has 1 atom stereocenters. The van der Waals surface area contributed by atoms with E-state index in [2.05, 4.69) is 0 Å². The summed E-state index contributed by atoms with van der Waals surface area (Å²) in [5, 5.41) is 22.7. The Morgan fingerprint density at radius 1 is 0.968 bits per heavy atom. The van der Waals surface area contributed by atoms with E-state index in [1.165, 1.54) is 35.2 Å². The highest BCUT2D eigenvalue weighted by atomic mass is 35.5. The fraction of sp³-hybridized carbons (Fsp3) is 0.0435. The van der Waals surface area contributed by atoms with Crippen LogP contribution < -0.4 is 4.90 Å². The second kappa shape index (κ2) is 8.04. The Balaban J connectivity index is 1.96. The third-order valence-corrected chi connectivity index (χ3v) is 5.25. The number of rotatable bonds is 4. The van der Waals surface area contributed by atoms with Gasteiger partial charge in [-0.2, -0.15) is 0 Å². The lowest BCUT2D eigenvalue weighted by molar-refractivity contribution is -0.384. The fourth-order valence-electron chi connectivity index (χ4n) is 3.57. The average molecular weight is 435 g/mol. The number of nitrogens with zero attached hydrogens (tertiary/aromatic N) is 2. The summed E-state index contributed by atoms with van der Waals surface area (Å²) in [6.45, 7) is 0. The number of benzene rings is 3. The van der Waals surface area contributed by atoms with Crippen molar-refractivity contribution in [1.29, 1.82) is 0 Å². The second-order valence-corrected chi connectivity index (χ2v) is 7.30. The molecule has 0 aliphatic carbocycles. The van der Waals surface area contributed by atoms with Crippen LogP contribution in [0.3, 0.4) is 0 Å². The van der Waals surface area contributed by atoms with E-state index >= 15 is 0 Å². The van der Waals surface area contributed by atoms with Crippen molar-refractivity contribution >= 4 is 40.4 Å². The molecule has 0 aromatic heterocycles. The van der Waals surface area contributed by atoms with E-state index in [9.17, 15) is 24.8 Å². The lowest BCUT2D eigenvalue weighted by Crippen LogP contribution is -2.29. The average Bonchev–Trinajstić information content (AvgIpc) is 3.05. The molecule has 1 aliphatic heterocycles. The normalized spacial score (nSPS) is 17.7. The van der Waals surface area contributed by atoms with Gasteiger partial charge in [-0.15, -0.1) is 0 Å². The van der Waals surface area contributed by atoms with Crippen molar-refractivity contribution in [3.63, 3.8) is 0 Å². The van der Waals surface area contributed by atoms with Gasteiger partial charge in [-0.25, -0.2) is 0 Å². The topological polar surface area (TPSA) is 101 Å². The Morgan fingerprint density at radius 2 is 1.65 bits per heavy atom. The van der Waals surface area contributed by atoms with E-state index in [0.717, 1.165) is 0 Å². The highest BCUT2D eigenvalue weighted by molar-refractivity contribution is 6.51. The van der Waals surface area contributed by atoms with Gasteiger partial charge in [-0.3, -0.25) is 24.6 Å². The predicted molar refractivity (Wildman–Crippen MR) is 116 cm³/mol. The van der Waals surface area contributed by atoms with Crippen LogP contribution in [-0.2, 0) is 9.59 Å². The zero-order valence-corrected chi connectivity index (χ0v) is 16.7. The Morgan fingerprint density at radius 3 is 2.29 bits per heavy atom. The van der Waals surface area contributed by atoms with Crippen LogP contribution in [0.2, 0.25) is 5.02 Å². The number of hydrogen-bond acceptors (Lipinski definition) is 5. The summed E-state index contributed by atoms with van der Waals surface area (Å²) in [4.78, 5) is 38.0. The summed E-state index contributed by atoms with van der Waals surface area (Å²) in [5.74, 6) is -2.10. The van der Waals surface area contributed by atoms with E-state index in [4.69, 9.17) is 11.6 Å². The first-order valence-electron chi connectivity index (χ1n) is 9.25. The molecule has 7 nitrogen and oxygen atoms in total. The molecule has 0 bridgehead atoms. The first kappa shape index (κ1) is 20.3. The van der Waals surface area contributed by atoms with Crippen LogP contribution in [0.4, 0.5) is 11.4 Å². The number of carbonyl (C=O) groups is 2. The van der Waals surface area contributed by atoms with Crippen molar-refractivity contribution in [2.45, 2.75) is 6.04 Å². The zero-order valence-electron chi connectivity index (χ0n) is 15.9. The zero-order chi connectivity index (χ0) is 22.1. The Hall–Kier alpha value is -3.97. The predicted octanol–water partition coefficient (Wildman–Crippen LogP) is 4.87. The molecule has 0 saturated carbocycles. The van der Waals surface area contributed by atoms with Crippen LogP contribution in [0, 0.1) is 10.1 Å². The molecule has 1 fully saturated rings. The number of ketones is 1. The number of anilines is 1. The van der Waals surface area contributed by atoms with Crippen molar-refractivity contribution in [3.8, 4) is 0 Å². The molecule has 1 aliphatic rings. The Labute approximate surface area is 182 Å². The van der Waals surface area contributed by atoms with Crippen LogP contribution in [0.25, 0.3) is 5.76 Å². The van der Waals surface area contributed by atoms with Crippen molar-refractivity contribution < 1.29 is 19.6 Å². The molecule has 0 spiro atoms. The largest absolute Gasteiger partial charge is 0.507 e. The number of carbonyl (C=O) groups excluding carboxylic acids is 2. The minimum absolute atomic E-state index is 0.156. The molecular formula is C23H15ClN2O5. The number of nitro benzene ring substituents is 1. The van der Waals surface area contributed by atoms with Crippen molar-refractivity contribution in [2.75, 3.05) is 4.90 Å². The number of aliphatic hydroxyl groups excluding tert-OH is 1. The number of halogens is 1. The number of hydrogen-bond donors (Lipinski definition) is 1. The van der Waals surface area contributed by atoms with E-state index in [-0.39, 0.29) is 17.0 Å². The van der Waals surface area contributed by atoms with Gasteiger partial charge < -0.3 is 5.11 Å². The third-order valence-electron chi connectivity index (χ3n) is 4.99. The summed E-state index contributed by atoms with van der Waals surface area (Å²) in [5.41, 5.74) is 0.703. The quantitative estimate of drug-likeness (QED) is 0.207. The molecule has 1 saturated heterocycles. The summed E-state index contributed by atoms with van der Waals surface area (Å²) in [6, 6.07) is 19.2. The maximum absolute atomic E-state index is 13.0. The van der Waals surface area contributed by atoms with Gasteiger partial charge in [0.2, 0.25) is 0 Å². The first-order valence-corrected chi connectivity index (χ1v) is 9.62. The van der Waals surface area contributed by atoms with Gasteiger partial charge in [-0.05, 0) is 42.0 Å². The standard InChI is InChI=1S/C23H15ClN2O5/c24-16-11-9-14(10-12-16)21(27)19-20(15-5-4-8-18(13-15)26(30)31)25(23(29)22(19)28)17-6-2-1-3-7-17/h1-13,20,27H/t20-/m0/s1. The molecule has 1 amide bonds. The molecule has 8 heteroatoms.